The fourth-order valence-corrected chi connectivity index (χ4v) is 9.32. The quantitative estimate of drug-likeness (QED) is 0.438. The summed E-state index contributed by atoms with van der Waals surface area (Å²) in [5.74, 6) is -0.0612. The maximum absolute atomic E-state index is 13.8. The summed E-state index contributed by atoms with van der Waals surface area (Å²) in [6, 6.07) is 6.71. The summed E-state index contributed by atoms with van der Waals surface area (Å²) in [5.41, 5.74) is 1.69. The fourth-order valence-electron chi connectivity index (χ4n) is 7.09. The van der Waals surface area contributed by atoms with Crippen LogP contribution in [0.25, 0.3) is 0 Å². The van der Waals surface area contributed by atoms with Crippen LogP contribution in [0.15, 0.2) is 41.6 Å². The van der Waals surface area contributed by atoms with Crippen molar-refractivity contribution >= 4 is 33.4 Å². The van der Waals surface area contributed by atoms with Gasteiger partial charge in [0.1, 0.15) is 0 Å². The van der Waals surface area contributed by atoms with Gasteiger partial charge in [0.05, 0.1) is 10.5 Å². The number of hydrogen-bond acceptors (Lipinski definition) is 7. The van der Waals surface area contributed by atoms with Gasteiger partial charge in [-0.3, -0.25) is 19.5 Å². The van der Waals surface area contributed by atoms with E-state index in [1.165, 1.54) is 0 Å². The molecule has 246 valence electrons. The highest BCUT2D eigenvalue weighted by molar-refractivity contribution is 7.89. The number of sulfonamides is 1. The first-order valence-corrected chi connectivity index (χ1v) is 18.0. The van der Waals surface area contributed by atoms with E-state index in [1.54, 1.807) is 47.9 Å². The average molecular weight is 659 g/mol. The van der Waals surface area contributed by atoms with E-state index in [2.05, 4.69) is 27.1 Å². The Hall–Kier alpha value is -2.57. The fraction of sp³-hybridized carbons (Fsp3) is 0.606. The molecule has 0 bridgehead atoms. The van der Waals surface area contributed by atoms with Crippen molar-refractivity contribution in [1.82, 2.24) is 29.3 Å². The van der Waals surface area contributed by atoms with E-state index >= 15 is 0 Å². The average Bonchev–Trinajstić information content (AvgIpc) is 3.05. The number of carbonyl (C=O) groups is 2. The SMILES string of the molecule is Cc1cc(S(=O)(=O)N2CCCCC2CCC(=O)N2CCC(CNC(=O)c3cccnc3)(N3CCN(C)CC3)CC2)c(C)cc1Cl. The van der Waals surface area contributed by atoms with E-state index in [0.29, 0.717) is 60.1 Å². The highest BCUT2D eigenvalue weighted by Gasteiger charge is 2.42. The molecule has 1 atom stereocenters. The minimum Gasteiger partial charge on any atom is -0.350 e. The number of nitrogens with one attached hydrogen (secondary N) is 1. The van der Waals surface area contributed by atoms with Crippen molar-refractivity contribution in [3.8, 4) is 0 Å². The number of pyridine rings is 1. The van der Waals surface area contributed by atoms with Crippen molar-refractivity contribution < 1.29 is 18.0 Å². The molecule has 3 aliphatic heterocycles. The monoisotopic (exact) mass is 658 g/mol. The molecule has 3 fully saturated rings. The molecule has 45 heavy (non-hydrogen) atoms. The normalized spacial score (nSPS) is 21.9. The Kier molecular flexibility index (Phi) is 10.9. The van der Waals surface area contributed by atoms with Gasteiger partial charge in [0.15, 0.2) is 0 Å². The van der Waals surface area contributed by atoms with Gasteiger partial charge in [-0.15, -0.1) is 0 Å². The number of likely N-dealkylation sites (tertiary alicyclic amines) is 1. The Balaban J connectivity index is 1.22. The maximum Gasteiger partial charge on any atom is 0.252 e. The molecule has 0 radical (unpaired) electrons. The number of carbonyl (C=O) groups excluding carboxylic acids is 2. The lowest BCUT2D eigenvalue weighted by Crippen LogP contribution is -2.64. The van der Waals surface area contributed by atoms with E-state index in [9.17, 15) is 18.0 Å². The topological polar surface area (TPSA) is 106 Å². The standard InChI is InChI=1S/C33H47ClN6O4S/c1-25-22-30(26(2)21-29(25)34)45(43,44)40-14-5-4-8-28(40)9-10-31(41)38-15-11-33(12-16-38,39-19-17-37(3)18-20-39)24-36-32(42)27-7-6-13-35-23-27/h6-7,13,21-23,28H,4-5,8-12,14-20,24H2,1-3H3,(H,36,42). The smallest absolute Gasteiger partial charge is 0.252 e. The van der Waals surface area contributed by atoms with Crippen LogP contribution in [0.5, 0.6) is 0 Å². The second kappa shape index (κ2) is 14.5. The summed E-state index contributed by atoms with van der Waals surface area (Å²) in [6.07, 6.45) is 8.11. The lowest BCUT2D eigenvalue weighted by molar-refractivity contribution is -0.134. The molecule has 5 rings (SSSR count). The van der Waals surface area contributed by atoms with E-state index in [-0.39, 0.29) is 23.4 Å². The molecule has 3 aliphatic rings. The zero-order valence-corrected chi connectivity index (χ0v) is 28.4. The van der Waals surface area contributed by atoms with Crippen molar-refractivity contribution in [2.24, 2.45) is 0 Å². The Morgan fingerprint density at radius 1 is 1.02 bits per heavy atom. The highest BCUT2D eigenvalue weighted by atomic mass is 35.5. The van der Waals surface area contributed by atoms with Crippen LogP contribution in [0.3, 0.4) is 0 Å². The molecule has 10 nitrogen and oxygen atoms in total. The molecule has 0 saturated carbocycles. The molecule has 12 heteroatoms. The number of amides is 2. The predicted octanol–water partition coefficient (Wildman–Crippen LogP) is 3.71. The number of piperazine rings is 1. The second-order valence-corrected chi connectivity index (χ2v) is 15.3. The largest absolute Gasteiger partial charge is 0.350 e. The molecule has 0 aliphatic carbocycles. The number of nitrogens with zero attached hydrogens (tertiary/aromatic N) is 5. The molecule has 3 saturated heterocycles. The Bertz CT molecular complexity index is 1460. The molecule has 1 aromatic carbocycles. The van der Waals surface area contributed by atoms with Crippen LogP contribution in [-0.4, -0.2) is 115 Å². The van der Waals surface area contributed by atoms with Gasteiger partial charge in [0.25, 0.3) is 5.91 Å². The van der Waals surface area contributed by atoms with Crippen molar-refractivity contribution in [2.75, 3.05) is 59.4 Å². The van der Waals surface area contributed by atoms with Crippen LogP contribution < -0.4 is 5.32 Å². The van der Waals surface area contributed by atoms with Gasteiger partial charge in [0, 0.05) is 87.8 Å². The third-order valence-electron chi connectivity index (χ3n) is 10.0. The van der Waals surface area contributed by atoms with Gasteiger partial charge >= 0.3 is 0 Å². The van der Waals surface area contributed by atoms with Gasteiger partial charge < -0.3 is 15.1 Å². The number of likely N-dealkylation sites (N-methyl/N-ethyl adjacent to an activating group) is 1. The molecule has 1 unspecified atom stereocenters. The summed E-state index contributed by atoms with van der Waals surface area (Å²) in [7, 11) is -1.59. The van der Waals surface area contributed by atoms with E-state index < -0.39 is 10.0 Å². The zero-order valence-electron chi connectivity index (χ0n) is 26.8. The number of aromatic nitrogens is 1. The number of rotatable bonds is 9. The van der Waals surface area contributed by atoms with Crippen LogP contribution in [0.4, 0.5) is 0 Å². The van der Waals surface area contributed by atoms with Crippen LogP contribution in [0, 0.1) is 13.8 Å². The molecular formula is C33H47ClN6O4S. The van der Waals surface area contributed by atoms with Crippen molar-refractivity contribution in [3.63, 3.8) is 0 Å². The number of halogens is 1. The van der Waals surface area contributed by atoms with Crippen molar-refractivity contribution in [3.05, 3.63) is 58.4 Å². The van der Waals surface area contributed by atoms with Gasteiger partial charge in [-0.05, 0) is 88.4 Å². The second-order valence-electron chi connectivity index (χ2n) is 13.0. The lowest BCUT2D eigenvalue weighted by atomic mass is 9.84. The molecule has 1 aromatic heterocycles. The van der Waals surface area contributed by atoms with E-state index in [0.717, 1.165) is 63.8 Å². The molecule has 0 spiro atoms. The summed E-state index contributed by atoms with van der Waals surface area (Å²) in [5, 5.41) is 3.72. The Morgan fingerprint density at radius 2 is 1.76 bits per heavy atom. The predicted molar refractivity (Wildman–Crippen MR) is 176 cm³/mol. The number of piperidine rings is 2. The Morgan fingerprint density at radius 3 is 2.44 bits per heavy atom. The van der Waals surface area contributed by atoms with Gasteiger partial charge in [0.2, 0.25) is 15.9 Å². The summed E-state index contributed by atoms with van der Waals surface area (Å²) in [4.78, 5) is 37.6. The summed E-state index contributed by atoms with van der Waals surface area (Å²) in [6.45, 7) is 9.59. The molecule has 4 heterocycles. The molecule has 2 amide bonds. The van der Waals surface area contributed by atoms with Crippen LogP contribution in [-0.2, 0) is 14.8 Å². The van der Waals surface area contributed by atoms with Gasteiger partial charge in [-0.1, -0.05) is 18.0 Å². The van der Waals surface area contributed by atoms with Crippen LogP contribution in [0.2, 0.25) is 5.02 Å². The minimum absolute atomic E-state index is 0.0720. The van der Waals surface area contributed by atoms with Crippen LogP contribution in [0.1, 0.15) is 66.4 Å². The van der Waals surface area contributed by atoms with E-state index in [1.807, 2.05) is 11.8 Å². The lowest BCUT2D eigenvalue weighted by Gasteiger charge is -2.51. The van der Waals surface area contributed by atoms with Gasteiger partial charge in [-0.25, -0.2) is 8.42 Å². The minimum atomic E-state index is -3.72. The Labute approximate surface area is 273 Å². The van der Waals surface area contributed by atoms with Crippen LogP contribution >= 0.6 is 11.6 Å². The summed E-state index contributed by atoms with van der Waals surface area (Å²) < 4.78 is 29.3. The van der Waals surface area contributed by atoms with Gasteiger partial charge in [-0.2, -0.15) is 4.31 Å². The molecule has 2 aromatic rings. The summed E-state index contributed by atoms with van der Waals surface area (Å²) >= 11 is 6.26. The maximum atomic E-state index is 13.8. The zero-order chi connectivity index (χ0) is 32.2. The number of benzene rings is 1. The third kappa shape index (κ3) is 7.71. The van der Waals surface area contributed by atoms with Crippen molar-refractivity contribution in [2.45, 2.75) is 75.3 Å². The van der Waals surface area contributed by atoms with Crippen molar-refractivity contribution in [1.29, 1.82) is 0 Å². The third-order valence-corrected chi connectivity index (χ3v) is 12.5. The van der Waals surface area contributed by atoms with E-state index in [4.69, 9.17) is 11.6 Å². The number of aryl methyl sites for hydroxylation is 2. The first kappa shape index (κ1) is 33.8. The first-order chi connectivity index (χ1) is 21.5. The number of hydrogen-bond donors (Lipinski definition) is 1. The highest BCUT2D eigenvalue weighted by Crippen LogP contribution is 2.33. The first-order valence-electron chi connectivity index (χ1n) is 16.2. The molecule has 1 N–H and O–H groups in total. The molecular weight excluding hydrogens is 612 g/mol.